The fourth-order valence-electron chi connectivity index (χ4n) is 1.79. The molecule has 0 spiro atoms. The highest BCUT2D eigenvalue weighted by Gasteiger charge is 2.10. The van der Waals surface area contributed by atoms with Gasteiger partial charge in [-0.05, 0) is 23.8 Å². The second kappa shape index (κ2) is 6.70. The van der Waals surface area contributed by atoms with Gasteiger partial charge >= 0.3 is 5.97 Å². The number of carbonyl (C=O) groups is 1. The average molecular weight is 311 g/mol. The van der Waals surface area contributed by atoms with Crippen LogP contribution < -0.4 is 5.73 Å². The van der Waals surface area contributed by atoms with E-state index in [9.17, 15) is 4.79 Å². The number of nitriles is 1. The average Bonchev–Trinajstić information content (AvgIpc) is 3.00. The van der Waals surface area contributed by atoms with Crippen LogP contribution in [0.15, 0.2) is 42.0 Å². The molecule has 2 aromatic rings. The molecule has 2 rings (SSSR count). The van der Waals surface area contributed by atoms with E-state index in [0.29, 0.717) is 5.56 Å². The van der Waals surface area contributed by atoms with Gasteiger partial charge in [0.15, 0.2) is 0 Å². The predicted octanol–water partition coefficient (Wildman–Crippen LogP) is 2.78. The summed E-state index contributed by atoms with van der Waals surface area (Å²) >= 11 is 1.45. The summed E-state index contributed by atoms with van der Waals surface area (Å²) in [5.41, 5.74) is 7.03. The van der Waals surface area contributed by atoms with Gasteiger partial charge in [-0.3, -0.25) is 5.41 Å². The summed E-state index contributed by atoms with van der Waals surface area (Å²) in [6.07, 6.45) is 1.50. The number of ether oxygens (including phenoxy) is 1. The standard InChI is InChI=1S/C16H13N3O2S/c1-21-16(20)12(9-17)8-13-6-7-14(22-13)10-2-4-11(5-3-10)15(18)19/h2-8H,1H3,(H3,18,19). The summed E-state index contributed by atoms with van der Waals surface area (Å²) < 4.78 is 4.55. The maximum atomic E-state index is 11.4. The predicted molar refractivity (Wildman–Crippen MR) is 86.4 cm³/mol. The number of hydrogen-bond donors (Lipinski definition) is 2. The molecule has 0 aliphatic heterocycles. The zero-order valence-electron chi connectivity index (χ0n) is 11.8. The lowest BCUT2D eigenvalue weighted by Crippen LogP contribution is -2.10. The Morgan fingerprint density at radius 1 is 1.32 bits per heavy atom. The first-order valence-corrected chi connectivity index (χ1v) is 7.11. The molecule has 0 aliphatic rings. The number of hydrogen-bond acceptors (Lipinski definition) is 5. The van der Waals surface area contributed by atoms with Crippen molar-refractivity contribution in [1.82, 2.24) is 0 Å². The fraction of sp³-hybridized carbons (Fsp3) is 0.0625. The molecule has 22 heavy (non-hydrogen) atoms. The van der Waals surface area contributed by atoms with Crippen molar-refractivity contribution in [3.8, 4) is 16.5 Å². The molecule has 0 bridgehead atoms. The summed E-state index contributed by atoms with van der Waals surface area (Å²) in [4.78, 5) is 13.2. The molecule has 0 radical (unpaired) electrons. The lowest BCUT2D eigenvalue weighted by Gasteiger charge is -2.00. The second-order valence-corrected chi connectivity index (χ2v) is 5.47. The van der Waals surface area contributed by atoms with Crippen molar-refractivity contribution in [2.24, 2.45) is 5.73 Å². The minimum atomic E-state index is -0.650. The van der Waals surface area contributed by atoms with Crippen molar-refractivity contribution in [3.63, 3.8) is 0 Å². The molecule has 110 valence electrons. The summed E-state index contributed by atoms with van der Waals surface area (Å²) in [6.45, 7) is 0. The Balaban J connectivity index is 2.28. The van der Waals surface area contributed by atoms with Crippen LogP contribution >= 0.6 is 11.3 Å². The van der Waals surface area contributed by atoms with E-state index >= 15 is 0 Å². The highest BCUT2D eigenvalue weighted by Crippen LogP contribution is 2.29. The first kappa shape index (κ1) is 15.5. The molecule has 6 heteroatoms. The van der Waals surface area contributed by atoms with Crippen molar-refractivity contribution in [2.75, 3.05) is 7.11 Å². The molecule has 0 atom stereocenters. The number of thiophene rings is 1. The van der Waals surface area contributed by atoms with Gasteiger partial charge in [0.2, 0.25) is 0 Å². The molecule has 0 fully saturated rings. The molecule has 1 heterocycles. The van der Waals surface area contributed by atoms with Crippen molar-refractivity contribution in [2.45, 2.75) is 0 Å². The number of rotatable bonds is 4. The van der Waals surface area contributed by atoms with Gasteiger partial charge in [-0.2, -0.15) is 5.26 Å². The lowest BCUT2D eigenvalue weighted by molar-refractivity contribution is -0.135. The molecule has 0 saturated carbocycles. The zero-order valence-corrected chi connectivity index (χ0v) is 12.6. The first-order valence-electron chi connectivity index (χ1n) is 6.30. The van der Waals surface area contributed by atoms with Crippen LogP contribution in [0.2, 0.25) is 0 Å². The van der Waals surface area contributed by atoms with Crippen LogP contribution in [0.4, 0.5) is 0 Å². The minimum absolute atomic E-state index is 0.0260. The number of carbonyl (C=O) groups excluding carboxylic acids is 1. The smallest absolute Gasteiger partial charge is 0.348 e. The van der Waals surface area contributed by atoms with Gasteiger partial charge in [-0.25, -0.2) is 4.79 Å². The van der Waals surface area contributed by atoms with E-state index in [1.54, 1.807) is 12.1 Å². The quantitative estimate of drug-likeness (QED) is 0.298. The SMILES string of the molecule is COC(=O)C(C#N)=Cc1ccc(-c2ccc(C(=N)N)cc2)s1. The number of nitrogens with zero attached hydrogens (tertiary/aromatic N) is 1. The van der Waals surface area contributed by atoms with E-state index in [0.717, 1.165) is 15.3 Å². The van der Waals surface area contributed by atoms with Crippen LogP contribution in [0.25, 0.3) is 16.5 Å². The number of benzene rings is 1. The molecule has 1 aromatic carbocycles. The Labute approximate surface area is 131 Å². The largest absolute Gasteiger partial charge is 0.465 e. The summed E-state index contributed by atoms with van der Waals surface area (Å²) in [5.74, 6) is -0.624. The van der Waals surface area contributed by atoms with E-state index in [1.807, 2.05) is 30.3 Å². The summed E-state index contributed by atoms with van der Waals surface area (Å²) in [6, 6.07) is 12.9. The molecule has 0 aliphatic carbocycles. The van der Waals surface area contributed by atoms with Crippen molar-refractivity contribution in [3.05, 3.63) is 52.4 Å². The van der Waals surface area contributed by atoms with E-state index in [1.165, 1.54) is 24.5 Å². The van der Waals surface area contributed by atoms with Crippen LogP contribution in [0, 0.1) is 16.7 Å². The Morgan fingerprint density at radius 3 is 2.55 bits per heavy atom. The van der Waals surface area contributed by atoms with Gasteiger partial charge in [0.1, 0.15) is 17.5 Å². The van der Waals surface area contributed by atoms with E-state index < -0.39 is 5.97 Å². The fourth-order valence-corrected chi connectivity index (χ4v) is 2.75. The molecule has 3 N–H and O–H groups in total. The van der Waals surface area contributed by atoms with Crippen LogP contribution in [0.5, 0.6) is 0 Å². The van der Waals surface area contributed by atoms with E-state index in [-0.39, 0.29) is 11.4 Å². The molecule has 0 unspecified atom stereocenters. The van der Waals surface area contributed by atoms with Gasteiger partial charge in [-0.1, -0.05) is 24.3 Å². The maximum absolute atomic E-state index is 11.4. The monoisotopic (exact) mass is 311 g/mol. The Bertz CT molecular complexity index is 782. The number of esters is 1. The Morgan fingerprint density at radius 2 is 2.00 bits per heavy atom. The normalized spacial score (nSPS) is 10.8. The third kappa shape index (κ3) is 3.40. The lowest BCUT2D eigenvalue weighted by atomic mass is 10.1. The van der Waals surface area contributed by atoms with Crippen LogP contribution in [-0.4, -0.2) is 18.9 Å². The van der Waals surface area contributed by atoms with Crippen molar-refractivity contribution in [1.29, 1.82) is 10.7 Å². The van der Waals surface area contributed by atoms with Crippen molar-refractivity contribution >= 4 is 29.2 Å². The van der Waals surface area contributed by atoms with Crippen LogP contribution in [0.3, 0.4) is 0 Å². The number of nitrogens with one attached hydrogen (secondary N) is 1. The van der Waals surface area contributed by atoms with E-state index in [4.69, 9.17) is 16.4 Å². The highest BCUT2D eigenvalue weighted by molar-refractivity contribution is 7.16. The Hall–Kier alpha value is -2.91. The molecular formula is C16H13N3O2S. The number of nitrogens with two attached hydrogens (primary N) is 1. The molecule has 0 amide bonds. The van der Waals surface area contributed by atoms with Gasteiger partial charge in [-0.15, -0.1) is 11.3 Å². The number of methoxy groups -OCH3 is 1. The number of amidine groups is 1. The zero-order chi connectivity index (χ0) is 16.1. The van der Waals surface area contributed by atoms with Gasteiger partial charge in [0.05, 0.1) is 7.11 Å². The van der Waals surface area contributed by atoms with Gasteiger partial charge in [0.25, 0.3) is 0 Å². The van der Waals surface area contributed by atoms with Crippen LogP contribution in [0.1, 0.15) is 10.4 Å². The van der Waals surface area contributed by atoms with E-state index in [2.05, 4.69) is 4.74 Å². The summed E-state index contributed by atoms with van der Waals surface area (Å²) in [7, 11) is 1.24. The highest BCUT2D eigenvalue weighted by atomic mass is 32.1. The Kier molecular flexibility index (Phi) is 4.71. The first-order chi connectivity index (χ1) is 10.5. The van der Waals surface area contributed by atoms with Crippen LogP contribution in [-0.2, 0) is 9.53 Å². The number of nitrogen functional groups attached to an aromatic ring is 1. The van der Waals surface area contributed by atoms with Gasteiger partial charge in [0, 0.05) is 15.3 Å². The molecular weight excluding hydrogens is 298 g/mol. The third-order valence-corrected chi connectivity index (χ3v) is 4.00. The second-order valence-electron chi connectivity index (χ2n) is 4.35. The molecule has 5 nitrogen and oxygen atoms in total. The molecule has 0 saturated heterocycles. The topological polar surface area (TPSA) is 100.0 Å². The summed E-state index contributed by atoms with van der Waals surface area (Å²) in [5, 5.41) is 16.3. The third-order valence-electron chi connectivity index (χ3n) is 2.92. The maximum Gasteiger partial charge on any atom is 0.348 e. The minimum Gasteiger partial charge on any atom is -0.465 e. The van der Waals surface area contributed by atoms with Crippen molar-refractivity contribution < 1.29 is 9.53 Å². The van der Waals surface area contributed by atoms with Gasteiger partial charge < -0.3 is 10.5 Å². The molecule has 1 aromatic heterocycles.